The molecule has 60 valence electrons. The van der Waals surface area contributed by atoms with Gasteiger partial charge < -0.3 is 5.11 Å². The molecule has 0 aromatic heterocycles. The monoisotopic (exact) mass is 166 g/mol. The highest BCUT2D eigenvalue weighted by Crippen LogP contribution is 2.01. The van der Waals surface area contributed by atoms with Gasteiger partial charge in [-0.2, -0.15) is 17.4 Å². The second kappa shape index (κ2) is 2.46. The average molecular weight is 166 g/mol. The lowest BCUT2D eigenvalue weighted by molar-refractivity contribution is 0.144. The van der Waals surface area contributed by atoms with Crippen molar-refractivity contribution < 1.29 is 13.5 Å². The molecule has 2 N–H and O–H groups in total. The van der Waals surface area contributed by atoms with Crippen LogP contribution in [0.4, 0.5) is 0 Å². The molecular weight excluding hydrogens is 156 g/mol. The Balaban J connectivity index is 2.70. The molecule has 0 aromatic rings. The fraction of sp³-hybridized carbons (Fsp3) is 1.00. The highest BCUT2D eigenvalue weighted by atomic mass is 32.2. The first kappa shape index (κ1) is 7.93. The zero-order valence-electron chi connectivity index (χ0n) is 5.61. The number of aliphatic hydroxyl groups excluding tert-OH is 1. The SMILES string of the molecule is CN1CC(O)CNS1(=O)=O. The van der Waals surface area contributed by atoms with Crippen LogP contribution in [0.25, 0.3) is 0 Å². The highest BCUT2D eigenvalue weighted by molar-refractivity contribution is 7.87. The van der Waals surface area contributed by atoms with Gasteiger partial charge in [0, 0.05) is 20.1 Å². The topological polar surface area (TPSA) is 69.6 Å². The van der Waals surface area contributed by atoms with Crippen molar-refractivity contribution in [2.24, 2.45) is 0 Å². The molecule has 10 heavy (non-hydrogen) atoms. The molecule has 0 spiro atoms. The minimum atomic E-state index is -3.27. The first-order valence-electron chi connectivity index (χ1n) is 2.91. The number of likely N-dealkylation sites (N-methyl/N-ethyl adjacent to an activating group) is 1. The van der Waals surface area contributed by atoms with Crippen molar-refractivity contribution in [2.45, 2.75) is 6.10 Å². The third-order valence-electron chi connectivity index (χ3n) is 1.38. The zero-order valence-corrected chi connectivity index (χ0v) is 6.43. The Morgan fingerprint density at radius 2 is 2.30 bits per heavy atom. The van der Waals surface area contributed by atoms with Crippen LogP contribution in [0.3, 0.4) is 0 Å². The molecule has 1 heterocycles. The molecule has 1 aliphatic heterocycles. The summed E-state index contributed by atoms with van der Waals surface area (Å²) in [7, 11) is -1.85. The quantitative estimate of drug-likeness (QED) is 0.443. The summed E-state index contributed by atoms with van der Waals surface area (Å²) >= 11 is 0. The van der Waals surface area contributed by atoms with Crippen LogP contribution in [0.15, 0.2) is 0 Å². The van der Waals surface area contributed by atoms with Crippen LogP contribution in [0.2, 0.25) is 0 Å². The van der Waals surface area contributed by atoms with E-state index in [1.54, 1.807) is 0 Å². The largest absolute Gasteiger partial charge is 0.390 e. The molecule has 1 fully saturated rings. The molecule has 1 rings (SSSR count). The van der Waals surface area contributed by atoms with Crippen molar-refractivity contribution in [3.63, 3.8) is 0 Å². The van der Waals surface area contributed by atoms with E-state index in [9.17, 15) is 8.42 Å². The maximum atomic E-state index is 10.8. The van der Waals surface area contributed by atoms with Crippen molar-refractivity contribution in [2.75, 3.05) is 20.1 Å². The van der Waals surface area contributed by atoms with Crippen molar-refractivity contribution in [3.8, 4) is 0 Å². The summed E-state index contributed by atoms with van der Waals surface area (Å²) in [6, 6.07) is 0. The number of aliphatic hydroxyl groups is 1. The number of nitrogens with zero attached hydrogens (tertiary/aromatic N) is 1. The Labute approximate surface area is 59.8 Å². The summed E-state index contributed by atoms with van der Waals surface area (Å²) in [5, 5.41) is 8.94. The van der Waals surface area contributed by atoms with Gasteiger partial charge in [0.05, 0.1) is 6.10 Å². The van der Waals surface area contributed by atoms with Crippen LogP contribution in [0.5, 0.6) is 0 Å². The van der Waals surface area contributed by atoms with Gasteiger partial charge in [0.1, 0.15) is 0 Å². The molecule has 5 nitrogen and oxygen atoms in total. The molecule has 0 saturated carbocycles. The van der Waals surface area contributed by atoms with Gasteiger partial charge in [-0.05, 0) is 0 Å². The zero-order chi connectivity index (χ0) is 7.78. The first-order chi connectivity index (χ1) is 4.52. The summed E-state index contributed by atoms with van der Waals surface area (Å²) in [6.07, 6.45) is -0.589. The van der Waals surface area contributed by atoms with Crippen LogP contribution >= 0.6 is 0 Å². The van der Waals surface area contributed by atoms with Gasteiger partial charge in [-0.25, -0.2) is 0 Å². The number of β-amino-alcohol motifs (C(OH)–C–C–N with tert-alkyl or cyclic N) is 1. The van der Waals surface area contributed by atoms with Gasteiger partial charge in [-0.3, -0.25) is 0 Å². The first-order valence-corrected chi connectivity index (χ1v) is 4.35. The lowest BCUT2D eigenvalue weighted by Gasteiger charge is -2.26. The number of hydrogen-bond acceptors (Lipinski definition) is 3. The van der Waals surface area contributed by atoms with E-state index in [1.165, 1.54) is 7.05 Å². The van der Waals surface area contributed by atoms with Crippen molar-refractivity contribution in [3.05, 3.63) is 0 Å². The fourth-order valence-electron chi connectivity index (χ4n) is 0.771. The third-order valence-corrected chi connectivity index (χ3v) is 2.88. The van der Waals surface area contributed by atoms with E-state index in [2.05, 4.69) is 4.72 Å². The summed E-state index contributed by atoms with van der Waals surface area (Å²) in [6.45, 7) is 0.294. The Morgan fingerprint density at radius 3 is 2.70 bits per heavy atom. The van der Waals surface area contributed by atoms with Gasteiger partial charge in [0.15, 0.2) is 0 Å². The average Bonchev–Trinajstić information content (AvgIpc) is 1.81. The standard InChI is InChI=1S/C4H10N2O3S/c1-6-3-4(7)2-5-10(6,8)9/h4-5,7H,2-3H2,1H3. The summed E-state index contributed by atoms with van der Waals surface area (Å²) in [5.74, 6) is 0. The van der Waals surface area contributed by atoms with Crippen LogP contribution in [-0.2, 0) is 10.2 Å². The lowest BCUT2D eigenvalue weighted by Crippen LogP contribution is -2.51. The van der Waals surface area contributed by atoms with E-state index in [1.807, 2.05) is 0 Å². The molecule has 0 amide bonds. The fourth-order valence-corrected chi connectivity index (χ4v) is 1.76. The molecule has 1 atom stereocenters. The van der Waals surface area contributed by atoms with E-state index in [0.29, 0.717) is 0 Å². The molecule has 0 aliphatic carbocycles. The highest BCUT2D eigenvalue weighted by Gasteiger charge is 2.26. The van der Waals surface area contributed by atoms with Crippen LogP contribution < -0.4 is 4.72 Å². The molecule has 6 heteroatoms. The van der Waals surface area contributed by atoms with Gasteiger partial charge in [0.2, 0.25) is 0 Å². The van der Waals surface area contributed by atoms with Crippen molar-refractivity contribution >= 4 is 10.2 Å². The van der Waals surface area contributed by atoms with Gasteiger partial charge >= 0.3 is 0 Å². The smallest absolute Gasteiger partial charge is 0.279 e. The predicted octanol–water partition coefficient (Wildman–Crippen LogP) is -1.87. The third kappa shape index (κ3) is 1.46. The molecule has 0 radical (unpaired) electrons. The molecule has 0 bridgehead atoms. The second-order valence-corrected chi connectivity index (χ2v) is 4.15. The Kier molecular flexibility index (Phi) is 1.95. The van der Waals surface area contributed by atoms with E-state index in [4.69, 9.17) is 5.11 Å². The van der Waals surface area contributed by atoms with Gasteiger partial charge in [-0.15, -0.1) is 0 Å². The second-order valence-electron chi connectivity index (χ2n) is 2.29. The van der Waals surface area contributed by atoms with E-state index in [0.717, 1.165) is 4.31 Å². The minimum Gasteiger partial charge on any atom is -0.390 e. The normalized spacial score (nSPS) is 34.0. The summed E-state index contributed by atoms with van der Waals surface area (Å²) in [5.41, 5.74) is 0. The minimum absolute atomic E-state index is 0.118. The number of nitrogens with one attached hydrogen (secondary N) is 1. The Hall–Kier alpha value is -0.170. The molecule has 1 unspecified atom stereocenters. The van der Waals surface area contributed by atoms with E-state index in [-0.39, 0.29) is 13.1 Å². The van der Waals surface area contributed by atoms with E-state index < -0.39 is 16.3 Å². The molecule has 1 aliphatic rings. The van der Waals surface area contributed by atoms with Crippen LogP contribution in [0, 0.1) is 0 Å². The van der Waals surface area contributed by atoms with Gasteiger partial charge in [-0.1, -0.05) is 0 Å². The van der Waals surface area contributed by atoms with Crippen LogP contribution in [-0.4, -0.2) is 44.1 Å². The van der Waals surface area contributed by atoms with Crippen molar-refractivity contribution in [1.29, 1.82) is 0 Å². The Bertz CT molecular complexity index is 213. The van der Waals surface area contributed by atoms with Crippen molar-refractivity contribution in [1.82, 2.24) is 9.03 Å². The predicted molar refractivity (Wildman–Crippen MR) is 35.6 cm³/mol. The van der Waals surface area contributed by atoms with Crippen LogP contribution in [0.1, 0.15) is 0 Å². The molecule has 1 saturated heterocycles. The van der Waals surface area contributed by atoms with E-state index >= 15 is 0 Å². The number of hydrogen-bond donors (Lipinski definition) is 2. The molecule has 0 aromatic carbocycles. The molecular formula is C4H10N2O3S. The maximum absolute atomic E-state index is 10.8. The summed E-state index contributed by atoms with van der Waals surface area (Å²) in [4.78, 5) is 0. The summed E-state index contributed by atoms with van der Waals surface area (Å²) < 4.78 is 25.0. The maximum Gasteiger partial charge on any atom is 0.279 e. The Morgan fingerprint density at radius 1 is 1.70 bits per heavy atom. The number of rotatable bonds is 0. The lowest BCUT2D eigenvalue weighted by atomic mass is 10.4. The van der Waals surface area contributed by atoms with Gasteiger partial charge in [0.25, 0.3) is 10.2 Å².